The Bertz CT molecular complexity index is 462. The van der Waals surface area contributed by atoms with Crippen LogP contribution < -0.4 is 0 Å². The summed E-state index contributed by atoms with van der Waals surface area (Å²) in [6, 6.07) is 8.86. The van der Waals surface area contributed by atoms with Gasteiger partial charge in [0.25, 0.3) is 0 Å². The molecule has 1 heteroatoms. The van der Waals surface area contributed by atoms with Gasteiger partial charge in [-0.2, -0.15) is 0 Å². The highest BCUT2D eigenvalue weighted by Gasteiger charge is 2.41. The minimum atomic E-state index is 0.337. The average molecular weight is 242 g/mol. The molecule has 2 aliphatic rings. The maximum Gasteiger partial charge on any atom is 0.136 e. The molecular formula is C17H22O. The zero-order valence-electron chi connectivity index (χ0n) is 11.2. The van der Waals surface area contributed by atoms with Crippen molar-refractivity contribution in [2.45, 2.75) is 51.9 Å². The smallest absolute Gasteiger partial charge is 0.136 e. The molecule has 1 nitrogen and oxygen atoms in total. The minimum absolute atomic E-state index is 0.337. The molecule has 2 unspecified atom stereocenters. The van der Waals surface area contributed by atoms with Gasteiger partial charge in [-0.15, -0.1) is 0 Å². The number of ketones is 1. The highest BCUT2D eigenvalue weighted by molar-refractivity contribution is 5.81. The Morgan fingerprint density at radius 2 is 1.89 bits per heavy atom. The van der Waals surface area contributed by atoms with Gasteiger partial charge in [-0.3, -0.25) is 4.79 Å². The molecule has 1 aromatic rings. The first kappa shape index (κ1) is 12.0. The molecule has 96 valence electrons. The molecule has 0 heterocycles. The second-order valence-corrected chi connectivity index (χ2v) is 6.22. The van der Waals surface area contributed by atoms with E-state index in [1.165, 1.54) is 30.4 Å². The monoisotopic (exact) mass is 242 g/mol. The van der Waals surface area contributed by atoms with Crippen molar-refractivity contribution in [3.05, 3.63) is 35.4 Å². The van der Waals surface area contributed by atoms with E-state index in [1.807, 2.05) is 0 Å². The fraction of sp³-hybridized carbons (Fsp3) is 0.588. The van der Waals surface area contributed by atoms with Crippen LogP contribution in [0.5, 0.6) is 0 Å². The van der Waals surface area contributed by atoms with Crippen LogP contribution in [0.3, 0.4) is 0 Å². The molecule has 0 radical (unpaired) electrons. The van der Waals surface area contributed by atoms with Gasteiger partial charge in [0.1, 0.15) is 5.78 Å². The molecule has 2 atom stereocenters. The molecule has 0 aromatic heterocycles. The fourth-order valence-electron chi connectivity index (χ4n) is 3.96. The third-order valence-corrected chi connectivity index (χ3v) is 5.14. The number of hydrogen-bond acceptors (Lipinski definition) is 1. The van der Waals surface area contributed by atoms with Crippen molar-refractivity contribution in [1.29, 1.82) is 0 Å². The lowest BCUT2D eigenvalue weighted by molar-refractivity contribution is -0.128. The Morgan fingerprint density at radius 3 is 2.67 bits per heavy atom. The van der Waals surface area contributed by atoms with E-state index in [0.29, 0.717) is 17.1 Å². The second kappa shape index (κ2) is 4.53. The van der Waals surface area contributed by atoms with E-state index < -0.39 is 0 Å². The normalized spacial score (nSPS) is 31.4. The van der Waals surface area contributed by atoms with Crippen LogP contribution in [0.1, 0.15) is 50.2 Å². The molecule has 1 saturated carbocycles. The van der Waals surface area contributed by atoms with Gasteiger partial charge in [0.05, 0.1) is 0 Å². The maximum absolute atomic E-state index is 11.9. The number of carbonyl (C=O) groups is 1. The van der Waals surface area contributed by atoms with E-state index >= 15 is 0 Å². The number of Topliss-reactive ketones (excluding diaryl/α,β-unsaturated/α-hetero) is 1. The minimum Gasteiger partial charge on any atom is -0.299 e. The van der Waals surface area contributed by atoms with Crippen LogP contribution in [0, 0.1) is 11.3 Å². The largest absolute Gasteiger partial charge is 0.299 e. The second-order valence-electron chi connectivity index (χ2n) is 6.22. The predicted octanol–water partition coefficient (Wildman–Crippen LogP) is 3.94. The lowest BCUT2D eigenvalue weighted by atomic mass is 9.61. The summed E-state index contributed by atoms with van der Waals surface area (Å²) in [5.74, 6) is 0.853. The van der Waals surface area contributed by atoms with Crippen molar-refractivity contribution in [3.63, 3.8) is 0 Å². The zero-order chi connectivity index (χ0) is 12.6. The van der Waals surface area contributed by atoms with E-state index in [-0.39, 0.29) is 0 Å². The highest BCUT2D eigenvalue weighted by Crippen LogP contribution is 2.47. The molecule has 1 aromatic carbocycles. The van der Waals surface area contributed by atoms with Gasteiger partial charge in [0.2, 0.25) is 0 Å². The third-order valence-electron chi connectivity index (χ3n) is 5.14. The first-order valence-corrected chi connectivity index (χ1v) is 7.32. The molecule has 0 aliphatic heterocycles. The zero-order valence-corrected chi connectivity index (χ0v) is 11.2. The van der Waals surface area contributed by atoms with Crippen LogP contribution in [0.4, 0.5) is 0 Å². The molecule has 1 fully saturated rings. The number of fused-ring (bicyclic) bond motifs is 1. The molecule has 3 rings (SSSR count). The molecule has 2 aliphatic carbocycles. The van der Waals surface area contributed by atoms with E-state index in [0.717, 1.165) is 25.7 Å². The summed E-state index contributed by atoms with van der Waals surface area (Å²) >= 11 is 0. The van der Waals surface area contributed by atoms with Gasteiger partial charge < -0.3 is 0 Å². The Labute approximate surface area is 110 Å². The summed E-state index contributed by atoms with van der Waals surface area (Å²) in [5, 5.41) is 0. The van der Waals surface area contributed by atoms with Crippen molar-refractivity contribution < 1.29 is 4.79 Å². The number of benzene rings is 1. The first-order valence-electron chi connectivity index (χ1n) is 7.32. The van der Waals surface area contributed by atoms with E-state index in [1.54, 1.807) is 0 Å². The van der Waals surface area contributed by atoms with Crippen LogP contribution >= 0.6 is 0 Å². The van der Waals surface area contributed by atoms with Gasteiger partial charge in [0, 0.05) is 12.3 Å². The standard InChI is InChI=1S/C17H22O/c1-2-13-11-17(10-8-16(13)18)9-7-14-5-3-4-6-15(14)12-17/h3-6,13H,2,7-12H2,1H3. The topological polar surface area (TPSA) is 17.1 Å². The van der Waals surface area contributed by atoms with E-state index in [2.05, 4.69) is 31.2 Å². The molecule has 0 saturated heterocycles. The lowest BCUT2D eigenvalue weighted by Crippen LogP contribution is -2.38. The summed E-state index contributed by atoms with van der Waals surface area (Å²) in [4.78, 5) is 11.9. The van der Waals surface area contributed by atoms with Gasteiger partial charge in [-0.05, 0) is 55.1 Å². The Hall–Kier alpha value is -1.11. The molecule has 18 heavy (non-hydrogen) atoms. The molecule has 0 amide bonds. The van der Waals surface area contributed by atoms with Gasteiger partial charge in [-0.1, -0.05) is 31.2 Å². The average Bonchev–Trinajstić information content (AvgIpc) is 2.42. The Morgan fingerprint density at radius 1 is 1.17 bits per heavy atom. The predicted molar refractivity (Wildman–Crippen MR) is 73.5 cm³/mol. The van der Waals surface area contributed by atoms with Gasteiger partial charge >= 0.3 is 0 Å². The molecule has 0 bridgehead atoms. The van der Waals surface area contributed by atoms with Crippen LogP contribution in [0.25, 0.3) is 0 Å². The van der Waals surface area contributed by atoms with Crippen LogP contribution in [-0.2, 0) is 17.6 Å². The maximum atomic E-state index is 11.9. The number of aryl methyl sites for hydroxylation is 1. The third kappa shape index (κ3) is 2.00. The van der Waals surface area contributed by atoms with Crippen LogP contribution in [0.2, 0.25) is 0 Å². The van der Waals surface area contributed by atoms with E-state index in [4.69, 9.17) is 0 Å². The molecule has 1 spiro atoms. The van der Waals surface area contributed by atoms with Gasteiger partial charge in [-0.25, -0.2) is 0 Å². The quantitative estimate of drug-likeness (QED) is 0.729. The molecule has 0 N–H and O–H groups in total. The van der Waals surface area contributed by atoms with Crippen LogP contribution in [0.15, 0.2) is 24.3 Å². The summed E-state index contributed by atoms with van der Waals surface area (Å²) in [7, 11) is 0. The fourth-order valence-corrected chi connectivity index (χ4v) is 3.96. The number of rotatable bonds is 1. The van der Waals surface area contributed by atoms with E-state index in [9.17, 15) is 4.79 Å². The molecular weight excluding hydrogens is 220 g/mol. The van der Waals surface area contributed by atoms with Crippen molar-refractivity contribution in [3.8, 4) is 0 Å². The number of carbonyl (C=O) groups excluding carboxylic acids is 1. The van der Waals surface area contributed by atoms with Crippen molar-refractivity contribution in [2.24, 2.45) is 11.3 Å². The van der Waals surface area contributed by atoms with Crippen molar-refractivity contribution >= 4 is 5.78 Å². The number of hydrogen-bond donors (Lipinski definition) is 0. The van der Waals surface area contributed by atoms with Crippen LogP contribution in [-0.4, -0.2) is 5.78 Å². The van der Waals surface area contributed by atoms with Gasteiger partial charge in [0.15, 0.2) is 0 Å². The summed E-state index contributed by atoms with van der Waals surface area (Å²) < 4.78 is 0. The van der Waals surface area contributed by atoms with Crippen molar-refractivity contribution in [2.75, 3.05) is 0 Å². The Balaban J connectivity index is 1.84. The van der Waals surface area contributed by atoms with Crippen molar-refractivity contribution in [1.82, 2.24) is 0 Å². The highest BCUT2D eigenvalue weighted by atomic mass is 16.1. The summed E-state index contributed by atoms with van der Waals surface area (Å²) in [6.45, 7) is 2.17. The summed E-state index contributed by atoms with van der Waals surface area (Å²) in [5.41, 5.74) is 3.50. The summed E-state index contributed by atoms with van der Waals surface area (Å²) in [6.07, 6.45) is 7.80. The Kier molecular flexibility index (Phi) is 3.01. The first-order chi connectivity index (χ1) is 8.72. The lowest BCUT2D eigenvalue weighted by Gasteiger charge is -2.43. The SMILES string of the molecule is CCC1CC2(CCC1=O)CCc1ccccc1C2.